The van der Waals surface area contributed by atoms with Gasteiger partial charge < -0.3 is 9.59 Å². The van der Waals surface area contributed by atoms with Crippen LogP contribution in [0.25, 0.3) is 0 Å². The van der Waals surface area contributed by atoms with E-state index in [1.807, 2.05) is 0 Å². The van der Waals surface area contributed by atoms with E-state index in [2.05, 4.69) is 39.8 Å². The summed E-state index contributed by atoms with van der Waals surface area (Å²) in [6.07, 6.45) is 10.8. The fourth-order valence-electron chi connectivity index (χ4n) is 3.20. The van der Waals surface area contributed by atoms with Crippen LogP contribution in [0.15, 0.2) is 23.3 Å². The van der Waals surface area contributed by atoms with Gasteiger partial charge in [-0.2, -0.15) is 0 Å². The lowest BCUT2D eigenvalue weighted by Gasteiger charge is -2.21. The topological polar surface area (TPSA) is 34.1 Å². The van der Waals surface area contributed by atoms with Crippen LogP contribution in [-0.4, -0.2) is 12.6 Å². The minimum absolute atomic E-state index is 0.281. The highest BCUT2D eigenvalue weighted by atomic mass is 16.1. The van der Waals surface area contributed by atoms with Crippen LogP contribution in [0.1, 0.15) is 53.4 Å². The van der Waals surface area contributed by atoms with Gasteiger partial charge in [0.2, 0.25) is 0 Å². The van der Waals surface area contributed by atoms with E-state index < -0.39 is 0 Å². The lowest BCUT2D eigenvalue weighted by molar-refractivity contribution is -0.112. The minimum Gasteiger partial charge on any atom is -0.303 e. The van der Waals surface area contributed by atoms with Crippen molar-refractivity contribution in [3.8, 4) is 0 Å². The molecule has 0 saturated carbocycles. The van der Waals surface area contributed by atoms with Gasteiger partial charge in [-0.15, -0.1) is 0 Å². The van der Waals surface area contributed by atoms with E-state index in [4.69, 9.17) is 0 Å². The van der Waals surface area contributed by atoms with E-state index in [1.54, 1.807) is 0 Å². The number of allylic oxidation sites excluding steroid dienone is 4. The number of hydrogen-bond acceptors (Lipinski definition) is 2. The maximum absolute atomic E-state index is 10.4. The Kier molecular flexibility index (Phi) is 6.90. The molecule has 2 rings (SSSR count). The van der Waals surface area contributed by atoms with Crippen molar-refractivity contribution in [3.05, 3.63) is 23.3 Å². The Morgan fingerprint density at radius 3 is 2.25 bits per heavy atom. The number of hydrogen-bond donors (Lipinski definition) is 0. The van der Waals surface area contributed by atoms with Crippen molar-refractivity contribution in [3.63, 3.8) is 0 Å². The quantitative estimate of drug-likeness (QED) is 0.555. The molecule has 0 heterocycles. The molecule has 0 radical (unpaired) electrons. The molecule has 112 valence electrons. The number of carbonyl (C=O) groups is 2. The molecule has 0 aromatic heterocycles. The molecule has 2 heteroatoms. The molecule has 0 aromatic carbocycles. The van der Waals surface area contributed by atoms with Crippen LogP contribution in [0, 0.1) is 23.7 Å². The van der Waals surface area contributed by atoms with Crippen molar-refractivity contribution in [2.75, 3.05) is 0 Å². The molecule has 4 atom stereocenters. The second-order valence-corrected chi connectivity index (χ2v) is 6.54. The summed E-state index contributed by atoms with van der Waals surface area (Å²) < 4.78 is 0. The van der Waals surface area contributed by atoms with Crippen molar-refractivity contribution < 1.29 is 9.59 Å². The van der Waals surface area contributed by atoms with E-state index in [1.165, 1.54) is 11.1 Å². The SMILES string of the molecule is CC1=CC(C)C(C=O)CC1.CC1=CC(C)CC(C=O)C1. The highest BCUT2D eigenvalue weighted by Gasteiger charge is 2.18. The average Bonchev–Trinajstić information content (AvgIpc) is 2.38. The van der Waals surface area contributed by atoms with Gasteiger partial charge in [-0.1, -0.05) is 37.1 Å². The normalized spacial score (nSPS) is 33.2. The molecule has 4 unspecified atom stereocenters. The van der Waals surface area contributed by atoms with Gasteiger partial charge in [-0.3, -0.25) is 0 Å². The summed E-state index contributed by atoms with van der Waals surface area (Å²) in [5.74, 6) is 1.64. The van der Waals surface area contributed by atoms with Gasteiger partial charge in [-0.05, 0) is 51.4 Å². The van der Waals surface area contributed by atoms with Gasteiger partial charge in [-0.25, -0.2) is 0 Å². The number of carbonyl (C=O) groups excluding carboxylic acids is 2. The van der Waals surface area contributed by atoms with Crippen molar-refractivity contribution >= 4 is 12.6 Å². The molecule has 0 amide bonds. The molecule has 0 aliphatic heterocycles. The Balaban J connectivity index is 0.000000200. The zero-order valence-electron chi connectivity index (χ0n) is 13.3. The molecule has 0 fully saturated rings. The Bertz CT molecular complexity index is 392. The summed E-state index contributed by atoms with van der Waals surface area (Å²) in [4.78, 5) is 20.9. The molecule has 2 nitrogen and oxygen atoms in total. The zero-order valence-corrected chi connectivity index (χ0v) is 13.3. The first kappa shape index (κ1) is 16.9. The van der Waals surface area contributed by atoms with Gasteiger partial charge in [0.25, 0.3) is 0 Å². The average molecular weight is 276 g/mol. The van der Waals surface area contributed by atoms with Gasteiger partial charge >= 0.3 is 0 Å². The molecular formula is C18H28O2. The lowest BCUT2D eigenvalue weighted by atomic mass is 9.83. The third-order valence-electron chi connectivity index (χ3n) is 4.29. The van der Waals surface area contributed by atoms with Crippen LogP contribution < -0.4 is 0 Å². The third kappa shape index (κ3) is 5.44. The smallest absolute Gasteiger partial charge is 0.123 e. The lowest BCUT2D eigenvalue weighted by Crippen LogP contribution is -2.15. The molecule has 0 aromatic rings. The first-order valence-corrected chi connectivity index (χ1v) is 7.71. The highest BCUT2D eigenvalue weighted by Crippen LogP contribution is 2.26. The van der Waals surface area contributed by atoms with Crippen molar-refractivity contribution in [1.82, 2.24) is 0 Å². The predicted octanol–water partition coefficient (Wildman–Crippen LogP) is 4.36. The molecule has 0 spiro atoms. The van der Waals surface area contributed by atoms with Crippen molar-refractivity contribution in [1.29, 1.82) is 0 Å². The Labute approximate surface area is 123 Å². The summed E-state index contributed by atoms with van der Waals surface area (Å²) in [5.41, 5.74) is 2.81. The maximum Gasteiger partial charge on any atom is 0.123 e. The van der Waals surface area contributed by atoms with Crippen molar-refractivity contribution in [2.24, 2.45) is 23.7 Å². The van der Waals surface area contributed by atoms with E-state index in [0.29, 0.717) is 17.8 Å². The first-order valence-electron chi connectivity index (χ1n) is 7.71. The van der Waals surface area contributed by atoms with Gasteiger partial charge in [0.1, 0.15) is 12.6 Å². The summed E-state index contributed by atoms with van der Waals surface area (Å²) >= 11 is 0. The fourth-order valence-corrected chi connectivity index (χ4v) is 3.20. The summed E-state index contributed by atoms with van der Waals surface area (Å²) in [5, 5.41) is 0. The first-order chi connectivity index (χ1) is 9.46. The van der Waals surface area contributed by atoms with Crippen molar-refractivity contribution in [2.45, 2.75) is 53.4 Å². The van der Waals surface area contributed by atoms with E-state index >= 15 is 0 Å². The predicted molar refractivity (Wildman–Crippen MR) is 83.4 cm³/mol. The van der Waals surface area contributed by atoms with Crippen LogP contribution in [0.5, 0.6) is 0 Å². The molecule has 0 saturated heterocycles. The summed E-state index contributed by atoms with van der Waals surface area (Å²) in [6.45, 7) is 8.52. The summed E-state index contributed by atoms with van der Waals surface area (Å²) in [6, 6.07) is 0. The third-order valence-corrected chi connectivity index (χ3v) is 4.29. The Hall–Kier alpha value is -1.18. The summed E-state index contributed by atoms with van der Waals surface area (Å²) in [7, 11) is 0. The molecule has 2 aliphatic carbocycles. The Morgan fingerprint density at radius 1 is 1.05 bits per heavy atom. The number of rotatable bonds is 2. The van der Waals surface area contributed by atoms with Crippen LogP contribution in [-0.2, 0) is 9.59 Å². The van der Waals surface area contributed by atoms with E-state index in [0.717, 1.165) is 38.3 Å². The monoisotopic (exact) mass is 276 g/mol. The van der Waals surface area contributed by atoms with E-state index in [9.17, 15) is 9.59 Å². The zero-order chi connectivity index (χ0) is 15.1. The van der Waals surface area contributed by atoms with Gasteiger partial charge in [0.15, 0.2) is 0 Å². The number of aldehydes is 2. The van der Waals surface area contributed by atoms with Crippen LogP contribution in [0.2, 0.25) is 0 Å². The second-order valence-electron chi connectivity index (χ2n) is 6.54. The fraction of sp³-hybridized carbons (Fsp3) is 0.667. The molecule has 0 bridgehead atoms. The maximum atomic E-state index is 10.4. The molecule has 20 heavy (non-hydrogen) atoms. The Morgan fingerprint density at radius 2 is 1.75 bits per heavy atom. The van der Waals surface area contributed by atoms with Gasteiger partial charge in [0, 0.05) is 11.8 Å². The van der Waals surface area contributed by atoms with E-state index in [-0.39, 0.29) is 5.92 Å². The van der Waals surface area contributed by atoms with Crippen LogP contribution in [0.4, 0.5) is 0 Å². The largest absolute Gasteiger partial charge is 0.303 e. The highest BCUT2D eigenvalue weighted by molar-refractivity contribution is 5.55. The minimum atomic E-state index is 0.281. The van der Waals surface area contributed by atoms with Crippen LogP contribution in [0.3, 0.4) is 0 Å². The standard InChI is InChI=1S/2C9H14O/c1-7-3-8(2)5-9(4-7)6-10;1-7-3-4-9(6-10)8(2)5-7/h3,6-7,9H,4-5H2,1-2H3;5-6,8-9H,3-4H2,1-2H3. The molecule has 2 aliphatic rings. The second kappa shape index (κ2) is 8.18. The molecular weight excluding hydrogens is 248 g/mol. The van der Waals surface area contributed by atoms with Gasteiger partial charge in [0.05, 0.1) is 0 Å². The van der Waals surface area contributed by atoms with Crippen LogP contribution >= 0.6 is 0 Å². The molecule has 0 N–H and O–H groups in total.